The molecule has 1 aromatic heterocycles. The Bertz CT molecular complexity index is 653. The molecule has 19 heavy (non-hydrogen) atoms. The molecule has 0 saturated heterocycles. The van der Waals surface area contributed by atoms with Gasteiger partial charge in [-0.2, -0.15) is 0 Å². The van der Waals surface area contributed by atoms with Crippen LogP contribution in [0.15, 0.2) is 29.6 Å². The van der Waals surface area contributed by atoms with Gasteiger partial charge in [0.25, 0.3) is 5.91 Å². The lowest BCUT2D eigenvalue weighted by atomic mass is 10.1. The number of aromatic carboxylic acids is 1. The predicted octanol–water partition coefficient (Wildman–Crippen LogP) is 3.01. The van der Waals surface area contributed by atoms with Crippen molar-refractivity contribution in [3.63, 3.8) is 0 Å². The number of nitrogens with one attached hydrogen (secondary N) is 1. The molecular formula is C12H8INO4S. The van der Waals surface area contributed by atoms with Gasteiger partial charge in [0.2, 0.25) is 0 Å². The van der Waals surface area contributed by atoms with Crippen LogP contribution in [-0.4, -0.2) is 22.1 Å². The maximum absolute atomic E-state index is 11.9. The van der Waals surface area contributed by atoms with E-state index >= 15 is 0 Å². The van der Waals surface area contributed by atoms with Crippen molar-refractivity contribution in [2.24, 2.45) is 0 Å². The van der Waals surface area contributed by atoms with Crippen molar-refractivity contribution in [3.05, 3.63) is 43.7 Å². The minimum absolute atomic E-state index is 0.0751. The second-order valence-electron chi connectivity index (χ2n) is 3.60. The molecule has 0 fully saturated rings. The summed E-state index contributed by atoms with van der Waals surface area (Å²) in [5, 5.41) is 22.8. The number of anilines is 1. The van der Waals surface area contributed by atoms with Crippen molar-refractivity contribution in [1.29, 1.82) is 0 Å². The number of thiophene rings is 1. The molecule has 3 N–H and O–H groups in total. The molecule has 0 radical (unpaired) electrons. The van der Waals surface area contributed by atoms with Gasteiger partial charge in [-0.05, 0) is 40.8 Å². The van der Waals surface area contributed by atoms with Crippen molar-refractivity contribution in [2.45, 2.75) is 0 Å². The van der Waals surface area contributed by atoms with E-state index in [1.54, 1.807) is 11.4 Å². The predicted molar refractivity (Wildman–Crippen MR) is 80.1 cm³/mol. The summed E-state index contributed by atoms with van der Waals surface area (Å²) in [5.41, 5.74) is 0.290. The molecule has 1 amide bonds. The highest BCUT2D eigenvalue weighted by atomic mass is 127. The van der Waals surface area contributed by atoms with E-state index in [0.29, 0.717) is 5.56 Å². The molecule has 0 unspecified atom stereocenters. The molecule has 0 aliphatic rings. The highest BCUT2D eigenvalue weighted by Crippen LogP contribution is 2.28. The number of hydrogen-bond acceptors (Lipinski definition) is 4. The molecule has 98 valence electrons. The number of rotatable bonds is 3. The minimum atomic E-state index is -1.25. The maximum Gasteiger partial charge on any atom is 0.339 e. The SMILES string of the molecule is O=C(Nc1cccc(C(=O)O)c1O)c1csc(I)c1. The van der Waals surface area contributed by atoms with Crippen LogP contribution in [0, 0.1) is 2.88 Å². The fourth-order valence-electron chi connectivity index (χ4n) is 1.44. The first-order chi connectivity index (χ1) is 8.99. The fourth-order valence-corrected chi connectivity index (χ4v) is 2.77. The summed E-state index contributed by atoms with van der Waals surface area (Å²) in [7, 11) is 0. The molecule has 1 heterocycles. The van der Waals surface area contributed by atoms with Crippen LogP contribution >= 0.6 is 33.9 Å². The number of para-hydroxylation sites is 1. The van der Waals surface area contributed by atoms with Gasteiger partial charge in [0.05, 0.1) is 14.1 Å². The summed E-state index contributed by atoms with van der Waals surface area (Å²) >= 11 is 3.52. The van der Waals surface area contributed by atoms with Gasteiger partial charge in [-0.25, -0.2) is 4.79 Å². The summed E-state index contributed by atoms with van der Waals surface area (Å²) in [6.45, 7) is 0. The lowest BCUT2D eigenvalue weighted by Gasteiger charge is -2.08. The quantitative estimate of drug-likeness (QED) is 0.557. The Hall–Kier alpha value is -1.61. The van der Waals surface area contributed by atoms with E-state index in [1.165, 1.54) is 29.5 Å². The van der Waals surface area contributed by atoms with Gasteiger partial charge in [0.1, 0.15) is 5.56 Å². The third kappa shape index (κ3) is 3.04. The van der Waals surface area contributed by atoms with E-state index in [0.717, 1.165) is 2.88 Å². The van der Waals surface area contributed by atoms with Crippen molar-refractivity contribution in [3.8, 4) is 5.75 Å². The summed E-state index contributed by atoms with van der Waals surface area (Å²) in [6.07, 6.45) is 0. The van der Waals surface area contributed by atoms with Gasteiger partial charge in [-0.15, -0.1) is 11.3 Å². The molecule has 1 aromatic carbocycles. The van der Waals surface area contributed by atoms with Gasteiger partial charge in [-0.1, -0.05) is 6.07 Å². The van der Waals surface area contributed by atoms with Gasteiger partial charge in [-0.3, -0.25) is 4.79 Å². The summed E-state index contributed by atoms with van der Waals surface area (Å²) in [5.74, 6) is -2.09. The molecule has 0 atom stereocenters. The van der Waals surface area contributed by atoms with Crippen molar-refractivity contribution >= 4 is 51.5 Å². The Labute approximate surface area is 126 Å². The van der Waals surface area contributed by atoms with E-state index in [9.17, 15) is 14.7 Å². The average Bonchev–Trinajstić information content (AvgIpc) is 2.78. The number of carboxylic acid groups (broad SMARTS) is 1. The number of carboxylic acids is 1. The molecule has 0 saturated carbocycles. The van der Waals surface area contributed by atoms with E-state index in [2.05, 4.69) is 27.9 Å². The molecule has 0 bridgehead atoms. The van der Waals surface area contributed by atoms with E-state index in [4.69, 9.17) is 5.11 Å². The molecule has 7 heteroatoms. The zero-order valence-electron chi connectivity index (χ0n) is 9.38. The maximum atomic E-state index is 11.9. The summed E-state index contributed by atoms with van der Waals surface area (Å²) in [4.78, 5) is 22.8. The zero-order valence-corrected chi connectivity index (χ0v) is 12.4. The first kappa shape index (κ1) is 13.8. The third-order valence-electron chi connectivity index (χ3n) is 2.34. The zero-order chi connectivity index (χ0) is 14.0. The van der Waals surface area contributed by atoms with Crippen LogP contribution in [-0.2, 0) is 0 Å². The Balaban J connectivity index is 2.27. The highest BCUT2D eigenvalue weighted by molar-refractivity contribution is 14.1. The molecule has 2 aromatic rings. The van der Waals surface area contributed by atoms with Crippen LogP contribution in [0.25, 0.3) is 0 Å². The third-order valence-corrected chi connectivity index (χ3v) is 4.13. The number of halogens is 1. The van der Waals surface area contributed by atoms with E-state index in [1.807, 2.05) is 0 Å². The van der Waals surface area contributed by atoms with Gasteiger partial charge < -0.3 is 15.5 Å². The fraction of sp³-hybridized carbons (Fsp3) is 0. The highest BCUT2D eigenvalue weighted by Gasteiger charge is 2.15. The Kier molecular flexibility index (Phi) is 4.05. The largest absolute Gasteiger partial charge is 0.505 e. The van der Waals surface area contributed by atoms with Crippen LogP contribution in [0.3, 0.4) is 0 Å². The van der Waals surface area contributed by atoms with Crippen molar-refractivity contribution in [1.82, 2.24) is 0 Å². The van der Waals surface area contributed by atoms with Crippen molar-refractivity contribution < 1.29 is 19.8 Å². The second kappa shape index (κ2) is 5.57. The number of phenols is 1. The monoisotopic (exact) mass is 389 g/mol. The molecule has 5 nitrogen and oxygen atoms in total. The first-order valence-electron chi connectivity index (χ1n) is 5.09. The normalized spacial score (nSPS) is 10.2. The Morgan fingerprint density at radius 2 is 2.05 bits per heavy atom. The van der Waals surface area contributed by atoms with Crippen LogP contribution in [0.2, 0.25) is 0 Å². The minimum Gasteiger partial charge on any atom is -0.505 e. The summed E-state index contributed by atoms with van der Waals surface area (Å²) < 4.78 is 0.964. The number of amides is 1. The second-order valence-corrected chi connectivity index (χ2v) is 6.41. The number of carbonyl (C=O) groups excluding carboxylic acids is 1. The Morgan fingerprint density at radius 3 is 2.63 bits per heavy atom. The number of benzene rings is 1. The average molecular weight is 389 g/mol. The number of carbonyl (C=O) groups is 2. The van der Waals surface area contributed by atoms with E-state index < -0.39 is 17.6 Å². The standard InChI is InChI=1S/C12H8INO4S/c13-9-4-6(5-19-9)11(16)14-8-3-1-2-7(10(8)15)12(17)18/h1-5,15H,(H,14,16)(H,17,18). The van der Waals surface area contributed by atoms with Gasteiger partial charge >= 0.3 is 5.97 Å². The molecule has 0 spiro atoms. The van der Waals surface area contributed by atoms with E-state index in [-0.39, 0.29) is 11.3 Å². The van der Waals surface area contributed by atoms with Gasteiger partial charge in [0, 0.05) is 5.38 Å². The van der Waals surface area contributed by atoms with Gasteiger partial charge in [0.15, 0.2) is 5.75 Å². The lowest BCUT2D eigenvalue weighted by Crippen LogP contribution is -2.11. The van der Waals surface area contributed by atoms with Crippen LogP contribution in [0.1, 0.15) is 20.7 Å². The van der Waals surface area contributed by atoms with Crippen molar-refractivity contribution in [2.75, 3.05) is 5.32 Å². The van der Waals surface area contributed by atoms with Crippen LogP contribution in [0.4, 0.5) is 5.69 Å². The number of hydrogen-bond donors (Lipinski definition) is 3. The number of aromatic hydroxyl groups is 1. The van der Waals surface area contributed by atoms with Crippen LogP contribution < -0.4 is 5.32 Å². The molecule has 0 aliphatic carbocycles. The summed E-state index contributed by atoms with van der Waals surface area (Å²) in [6, 6.07) is 5.87. The molecular weight excluding hydrogens is 381 g/mol. The molecule has 0 aliphatic heterocycles. The van der Waals surface area contributed by atoms with Crippen LogP contribution in [0.5, 0.6) is 5.75 Å². The molecule has 2 rings (SSSR count). The smallest absolute Gasteiger partial charge is 0.339 e. The first-order valence-corrected chi connectivity index (χ1v) is 7.05. The Morgan fingerprint density at radius 1 is 1.32 bits per heavy atom. The topological polar surface area (TPSA) is 86.6 Å². The lowest BCUT2D eigenvalue weighted by molar-refractivity contribution is 0.0693.